The van der Waals surface area contributed by atoms with Crippen molar-refractivity contribution in [2.75, 3.05) is 11.9 Å². The summed E-state index contributed by atoms with van der Waals surface area (Å²) in [6.07, 6.45) is 1.30. The summed E-state index contributed by atoms with van der Waals surface area (Å²) < 4.78 is 10.1. The second-order valence-corrected chi connectivity index (χ2v) is 5.03. The zero-order chi connectivity index (χ0) is 16.2. The van der Waals surface area contributed by atoms with E-state index in [9.17, 15) is 9.59 Å². The van der Waals surface area contributed by atoms with Crippen LogP contribution in [0, 0.1) is 6.92 Å². The molecule has 6 nitrogen and oxygen atoms in total. The number of esters is 1. The van der Waals surface area contributed by atoms with E-state index in [1.165, 1.54) is 12.5 Å². The molecule has 3 aromatic rings. The van der Waals surface area contributed by atoms with Crippen molar-refractivity contribution in [3.63, 3.8) is 0 Å². The van der Waals surface area contributed by atoms with Crippen LogP contribution >= 0.6 is 0 Å². The maximum atomic E-state index is 11.9. The third kappa shape index (κ3) is 3.55. The normalized spacial score (nSPS) is 10.5. The van der Waals surface area contributed by atoms with Gasteiger partial charge in [-0.1, -0.05) is 17.7 Å². The summed E-state index contributed by atoms with van der Waals surface area (Å²) >= 11 is 0. The van der Waals surface area contributed by atoms with E-state index >= 15 is 0 Å². The number of anilines is 1. The lowest BCUT2D eigenvalue weighted by atomic mass is 10.2. The highest BCUT2D eigenvalue weighted by Gasteiger charge is 2.12. The lowest BCUT2D eigenvalue weighted by Crippen LogP contribution is -2.20. The summed E-state index contributed by atoms with van der Waals surface area (Å²) in [6.45, 7) is 1.60. The van der Waals surface area contributed by atoms with Gasteiger partial charge in [0.2, 0.25) is 0 Å². The second-order valence-electron chi connectivity index (χ2n) is 5.03. The molecule has 0 atom stereocenters. The Kier molecular flexibility index (Phi) is 4.05. The topological polar surface area (TPSA) is 81.4 Å². The molecular weight excluding hydrogens is 296 g/mol. The van der Waals surface area contributed by atoms with E-state index in [4.69, 9.17) is 9.15 Å². The van der Waals surface area contributed by atoms with Crippen molar-refractivity contribution in [2.45, 2.75) is 6.92 Å². The summed E-state index contributed by atoms with van der Waals surface area (Å²) in [4.78, 5) is 27.7. The third-order valence-corrected chi connectivity index (χ3v) is 3.24. The van der Waals surface area contributed by atoms with E-state index in [0.717, 1.165) is 5.56 Å². The lowest BCUT2D eigenvalue weighted by Gasteiger charge is -2.07. The van der Waals surface area contributed by atoms with Crippen LogP contribution in [0.25, 0.3) is 11.1 Å². The molecular formula is C17H14N2O4. The van der Waals surface area contributed by atoms with Crippen molar-refractivity contribution in [1.29, 1.82) is 0 Å². The lowest BCUT2D eigenvalue weighted by molar-refractivity contribution is -0.119. The van der Waals surface area contributed by atoms with Crippen LogP contribution in [0.1, 0.15) is 15.9 Å². The first kappa shape index (κ1) is 14.8. The van der Waals surface area contributed by atoms with E-state index in [1.807, 2.05) is 19.1 Å². The second kappa shape index (κ2) is 6.31. The number of benzene rings is 2. The number of oxazole rings is 1. The minimum Gasteiger partial charge on any atom is -0.452 e. The minimum atomic E-state index is -0.595. The van der Waals surface area contributed by atoms with Gasteiger partial charge in [-0.25, -0.2) is 9.78 Å². The summed E-state index contributed by atoms with van der Waals surface area (Å²) in [7, 11) is 0. The molecule has 0 saturated heterocycles. The molecule has 0 aliphatic rings. The molecule has 3 rings (SSSR count). The first-order chi connectivity index (χ1) is 11.1. The largest absolute Gasteiger partial charge is 0.452 e. The molecule has 1 N–H and O–H groups in total. The van der Waals surface area contributed by atoms with E-state index < -0.39 is 11.9 Å². The van der Waals surface area contributed by atoms with Gasteiger partial charge in [-0.05, 0) is 37.3 Å². The highest BCUT2D eigenvalue weighted by atomic mass is 16.5. The molecule has 0 fully saturated rings. The van der Waals surface area contributed by atoms with Crippen LogP contribution < -0.4 is 5.32 Å². The molecule has 6 heteroatoms. The molecule has 1 amide bonds. The van der Waals surface area contributed by atoms with Crippen LogP contribution in [0.2, 0.25) is 0 Å². The van der Waals surface area contributed by atoms with Crippen molar-refractivity contribution < 1.29 is 18.7 Å². The molecule has 0 aliphatic carbocycles. The minimum absolute atomic E-state index is 0.303. The van der Waals surface area contributed by atoms with Crippen molar-refractivity contribution >= 4 is 28.7 Å². The SMILES string of the molecule is Cc1ccc(NC(=O)COC(=O)c2ccc3ncoc3c2)cc1. The molecule has 23 heavy (non-hydrogen) atoms. The van der Waals surface area contributed by atoms with Crippen LogP contribution in [0.3, 0.4) is 0 Å². The van der Waals surface area contributed by atoms with Crippen LogP contribution in [-0.4, -0.2) is 23.5 Å². The van der Waals surface area contributed by atoms with Gasteiger partial charge in [0.15, 0.2) is 18.6 Å². The molecule has 0 saturated carbocycles. The summed E-state index contributed by atoms with van der Waals surface area (Å²) in [5.41, 5.74) is 3.19. The van der Waals surface area contributed by atoms with E-state index in [2.05, 4.69) is 10.3 Å². The number of aromatic nitrogens is 1. The van der Waals surface area contributed by atoms with Crippen molar-refractivity contribution in [3.05, 3.63) is 60.0 Å². The molecule has 0 spiro atoms. The van der Waals surface area contributed by atoms with Gasteiger partial charge in [-0.15, -0.1) is 0 Å². The number of ether oxygens (including phenoxy) is 1. The Hall–Kier alpha value is -3.15. The number of nitrogens with one attached hydrogen (secondary N) is 1. The van der Waals surface area contributed by atoms with Gasteiger partial charge in [-0.3, -0.25) is 4.79 Å². The third-order valence-electron chi connectivity index (χ3n) is 3.24. The molecule has 0 radical (unpaired) electrons. The van der Waals surface area contributed by atoms with Gasteiger partial charge in [0.25, 0.3) is 5.91 Å². The predicted molar refractivity (Wildman–Crippen MR) is 84.1 cm³/mol. The molecule has 0 unspecified atom stereocenters. The quantitative estimate of drug-likeness (QED) is 0.749. The van der Waals surface area contributed by atoms with Crippen molar-refractivity contribution in [1.82, 2.24) is 4.98 Å². The monoisotopic (exact) mass is 310 g/mol. The number of nitrogens with zero attached hydrogens (tertiary/aromatic N) is 1. The van der Waals surface area contributed by atoms with Crippen LogP contribution in [0.4, 0.5) is 5.69 Å². The standard InChI is InChI=1S/C17H14N2O4/c1-11-2-5-13(6-3-11)19-16(20)9-22-17(21)12-4-7-14-15(8-12)23-10-18-14/h2-8,10H,9H2,1H3,(H,19,20). The van der Waals surface area contributed by atoms with Crippen molar-refractivity contribution in [3.8, 4) is 0 Å². The van der Waals surface area contributed by atoms with Crippen molar-refractivity contribution in [2.24, 2.45) is 0 Å². The molecule has 1 heterocycles. The number of hydrogen-bond donors (Lipinski definition) is 1. The van der Waals surface area contributed by atoms with E-state index in [1.54, 1.807) is 24.3 Å². The number of rotatable bonds is 4. The number of carbonyl (C=O) groups is 2. The Morgan fingerprint density at radius 1 is 1.17 bits per heavy atom. The Morgan fingerprint density at radius 2 is 1.96 bits per heavy atom. The molecule has 0 aliphatic heterocycles. The average molecular weight is 310 g/mol. The summed E-state index contributed by atoms with van der Waals surface area (Å²) in [5.74, 6) is -0.995. The first-order valence-electron chi connectivity index (χ1n) is 6.99. The molecule has 0 bridgehead atoms. The van der Waals surface area contributed by atoms with Gasteiger partial charge < -0.3 is 14.5 Å². The maximum Gasteiger partial charge on any atom is 0.338 e. The molecule has 1 aromatic heterocycles. The maximum absolute atomic E-state index is 11.9. The summed E-state index contributed by atoms with van der Waals surface area (Å²) in [6, 6.07) is 12.1. The van der Waals surface area contributed by atoms with Gasteiger partial charge in [-0.2, -0.15) is 0 Å². The van der Waals surface area contributed by atoms with Gasteiger partial charge in [0.1, 0.15) is 5.52 Å². The zero-order valence-electron chi connectivity index (χ0n) is 12.4. The zero-order valence-corrected chi connectivity index (χ0v) is 12.4. The van der Waals surface area contributed by atoms with Crippen LogP contribution in [0.5, 0.6) is 0 Å². The van der Waals surface area contributed by atoms with Crippen LogP contribution in [0.15, 0.2) is 53.3 Å². The van der Waals surface area contributed by atoms with Gasteiger partial charge >= 0.3 is 5.97 Å². The number of carbonyl (C=O) groups excluding carboxylic acids is 2. The average Bonchev–Trinajstić information content (AvgIpc) is 3.02. The number of amides is 1. The number of fused-ring (bicyclic) bond motifs is 1. The fourth-order valence-corrected chi connectivity index (χ4v) is 2.03. The highest BCUT2D eigenvalue weighted by molar-refractivity contribution is 5.96. The fraction of sp³-hybridized carbons (Fsp3) is 0.118. The first-order valence-corrected chi connectivity index (χ1v) is 6.99. The van der Waals surface area contributed by atoms with Gasteiger partial charge in [0, 0.05) is 5.69 Å². The fourth-order valence-electron chi connectivity index (χ4n) is 2.03. The van der Waals surface area contributed by atoms with Crippen LogP contribution in [-0.2, 0) is 9.53 Å². The predicted octanol–water partition coefficient (Wildman–Crippen LogP) is 2.93. The van der Waals surface area contributed by atoms with Gasteiger partial charge in [0.05, 0.1) is 5.56 Å². The van der Waals surface area contributed by atoms with E-state index in [0.29, 0.717) is 22.4 Å². The highest BCUT2D eigenvalue weighted by Crippen LogP contribution is 2.15. The Labute approximate surface area is 132 Å². The Morgan fingerprint density at radius 3 is 2.74 bits per heavy atom. The Balaban J connectivity index is 1.57. The smallest absolute Gasteiger partial charge is 0.338 e. The number of hydrogen-bond acceptors (Lipinski definition) is 5. The summed E-state index contributed by atoms with van der Waals surface area (Å²) in [5, 5.41) is 2.66. The molecule has 116 valence electrons. The Bertz CT molecular complexity index is 852. The molecule has 2 aromatic carbocycles. The van der Waals surface area contributed by atoms with E-state index in [-0.39, 0.29) is 6.61 Å². The number of aryl methyl sites for hydroxylation is 1.